The average Bonchev–Trinajstić information content (AvgIpc) is 3.42. The maximum absolute atomic E-state index is 4.92. The van der Waals surface area contributed by atoms with E-state index >= 15 is 0 Å². The molecule has 27 heavy (non-hydrogen) atoms. The van der Waals surface area contributed by atoms with Crippen LogP contribution < -0.4 is 0 Å². The number of H-pyrrole nitrogens is 1. The van der Waals surface area contributed by atoms with E-state index in [0.717, 1.165) is 33.1 Å². The van der Waals surface area contributed by atoms with Crippen molar-refractivity contribution in [2.75, 3.05) is 0 Å². The first-order valence-electron chi connectivity index (χ1n) is 8.39. The van der Waals surface area contributed by atoms with Gasteiger partial charge in [0.1, 0.15) is 5.69 Å². The van der Waals surface area contributed by atoms with E-state index in [0.29, 0.717) is 16.5 Å². The third-order valence-corrected chi connectivity index (χ3v) is 5.21. The van der Waals surface area contributed by atoms with Crippen molar-refractivity contribution in [3.63, 3.8) is 0 Å². The van der Waals surface area contributed by atoms with Crippen LogP contribution in [0.5, 0.6) is 0 Å². The van der Waals surface area contributed by atoms with Crippen molar-refractivity contribution in [2.24, 2.45) is 0 Å². The molecule has 6 aromatic rings. The molecule has 0 fully saturated rings. The van der Waals surface area contributed by atoms with Crippen LogP contribution in [-0.2, 0) is 0 Å². The Bertz CT molecular complexity index is 1430. The zero-order chi connectivity index (χ0) is 17.8. The van der Waals surface area contributed by atoms with Gasteiger partial charge in [0.2, 0.25) is 5.82 Å². The predicted octanol–water partition coefficient (Wildman–Crippen LogP) is 3.94. The normalized spacial score (nSPS) is 11.7. The quantitative estimate of drug-likeness (QED) is 0.500. The number of para-hydroxylation sites is 1. The average molecular weight is 369 g/mol. The summed E-state index contributed by atoms with van der Waals surface area (Å²) in [4.78, 5) is 9.08. The fourth-order valence-electron chi connectivity index (χ4n) is 3.42. The highest BCUT2D eigenvalue weighted by atomic mass is 32.1. The van der Waals surface area contributed by atoms with Gasteiger partial charge in [-0.05, 0) is 17.3 Å². The molecule has 0 atom stereocenters. The van der Waals surface area contributed by atoms with E-state index in [4.69, 9.17) is 4.98 Å². The van der Waals surface area contributed by atoms with E-state index in [1.807, 2.05) is 36.4 Å². The van der Waals surface area contributed by atoms with E-state index in [2.05, 4.69) is 49.1 Å². The molecule has 0 aliphatic rings. The zero-order valence-corrected chi connectivity index (χ0v) is 14.7. The Hall–Kier alpha value is -3.65. The fourth-order valence-corrected chi connectivity index (χ4v) is 3.88. The molecule has 4 aromatic heterocycles. The van der Waals surface area contributed by atoms with Crippen molar-refractivity contribution in [1.82, 2.24) is 34.4 Å². The van der Waals surface area contributed by atoms with Gasteiger partial charge in [-0.15, -0.1) is 10.2 Å². The number of nitrogens with one attached hydrogen (secondary N) is 1. The molecule has 0 radical (unpaired) electrons. The Morgan fingerprint density at radius 1 is 0.889 bits per heavy atom. The summed E-state index contributed by atoms with van der Waals surface area (Å²) < 4.78 is 5.58. The summed E-state index contributed by atoms with van der Waals surface area (Å²) >= 11 is 1.21. The number of pyridine rings is 1. The van der Waals surface area contributed by atoms with Gasteiger partial charge in [-0.3, -0.25) is 0 Å². The molecule has 0 amide bonds. The van der Waals surface area contributed by atoms with Gasteiger partial charge in [0.15, 0.2) is 0 Å². The van der Waals surface area contributed by atoms with Gasteiger partial charge in [-0.2, -0.15) is 4.52 Å². The van der Waals surface area contributed by atoms with Gasteiger partial charge in [0, 0.05) is 33.4 Å². The van der Waals surface area contributed by atoms with Crippen LogP contribution in [0, 0.1) is 0 Å². The zero-order valence-electron chi connectivity index (χ0n) is 13.9. The van der Waals surface area contributed by atoms with Crippen LogP contribution in [0.1, 0.15) is 0 Å². The topological polar surface area (TPSA) is 84.7 Å². The SMILES string of the molecule is c1ccc(-c2nc(-c3nnc4snnn34)cc3c2[nH]c2ccccc23)cc1. The Morgan fingerprint density at radius 3 is 2.67 bits per heavy atom. The molecule has 1 N–H and O–H groups in total. The number of aromatic amines is 1. The smallest absolute Gasteiger partial charge is 0.254 e. The molecule has 0 aliphatic carbocycles. The van der Waals surface area contributed by atoms with Crippen LogP contribution in [0.25, 0.3) is 49.5 Å². The second-order valence-corrected chi connectivity index (χ2v) is 6.91. The van der Waals surface area contributed by atoms with Crippen LogP contribution in [0.4, 0.5) is 0 Å². The molecule has 6 rings (SSSR count). The van der Waals surface area contributed by atoms with Gasteiger partial charge < -0.3 is 4.98 Å². The molecule has 4 heterocycles. The standard InChI is InChI=1S/C19H11N7S/c1-2-6-11(7-3-1)16-17-13(12-8-4-5-9-14(12)20-17)10-15(21-16)18-22-23-19-26(18)24-25-27-19/h1-10,20H. The Balaban J connectivity index is 1.75. The molecular formula is C19H11N7S. The lowest BCUT2D eigenvalue weighted by Crippen LogP contribution is -1.96. The minimum Gasteiger partial charge on any atom is -0.353 e. The number of rotatable bonds is 2. The lowest BCUT2D eigenvalue weighted by atomic mass is 10.1. The molecule has 0 aliphatic heterocycles. The van der Waals surface area contributed by atoms with Crippen molar-refractivity contribution < 1.29 is 0 Å². The molecule has 0 unspecified atom stereocenters. The predicted molar refractivity (Wildman–Crippen MR) is 104 cm³/mol. The maximum Gasteiger partial charge on any atom is 0.254 e. The van der Waals surface area contributed by atoms with Gasteiger partial charge >= 0.3 is 0 Å². The van der Waals surface area contributed by atoms with Gasteiger partial charge in [-0.25, -0.2) is 4.98 Å². The van der Waals surface area contributed by atoms with Crippen LogP contribution in [0.3, 0.4) is 0 Å². The van der Waals surface area contributed by atoms with Crippen molar-refractivity contribution in [3.05, 3.63) is 60.7 Å². The molecule has 128 valence electrons. The largest absolute Gasteiger partial charge is 0.353 e. The number of aromatic nitrogens is 7. The third kappa shape index (κ3) is 2.10. The van der Waals surface area contributed by atoms with Crippen LogP contribution in [-0.4, -0.2) is 34.4 Å². The molecule has 0 saturated heterocycles. The number of hydrogen-bond acceptors (Lipinski definition) is 6. The molecule has 0 saturated carbocycles. The summed E-state index contributed by atoms with van der Waals surface area (Å²) in [6.45, 7) is 0. The second-order valence-electron chi connectivity index (χ2n) is 6.20. The van der Waals surface area contributed by atoms with Crippen LogP contribution in [0.2, 0.25) is 0 Å². The fraction of sp³-hybridized carbons (Fsp3) is 0. The van der Waals surface area contributed by atoms with Crippen LogP contribution >= 0.6 is 11.5 Å². The molecule has 2 aromatic carbocycles. The summed E-state index contributed by atoms with van der Waals surface area (Å²) in [6.07, 6.45) is 0. The number of nitrogens with zero attached hydrogens (tertiary/aromatic N) is 6. The monoisotopic (exact) mass is 369 g/mol. The highest BCUT2D eigenvalue weighted by Gasteiger charge is 2.18. The molecule has 0 spiro atoms. The molecule has 0 bridgehead atoms. The van der Waals surface area contributed by atoms with E-state index in [9.17, 15) is 0 Å². The van der Waals surface area contributed by atoms with E-state index in [1.165, 1.54) is 11.5 Å². The Morgan fingerprint density at radius 2 is 1.74 bits per heavy atom. The maximum atomic E-state index is 4.92. The van der Waals surface area contributed by atoms with Crippen molar-refractivity contribution in [2.45, 2.75) is 0 Å². The number of hydrogen-bond donors (Lipinski definition) is 1. The van der Waals surface area contributed by atoms with Crippen molar-refractivity contribution >= 4 is 38.3 Å². The lowest BCUT2D eigenvalue weighted by Gasteiger charge is -2.06. The van der Waals surface area contributed by atoms with Gasteiger partial charge in [0.05, 0.1) is 11.2 Å². The highest BCUT2D eigenvalue weighted by Crippen LogP contribution is 2.34. The van der Waals surface area contributed by atoms with Gasteiger partial charge in [-0.1, -0.05) is 53.0 Å². The van der Waals surface area contributed by atoms with E-state index in [1.54, 1.807) is 4.52 Å². The van der Waals surface area contributed by atoms with Crippen LogP contribution in [0.15, 0.2) is 60.7 Å². The summed E-state index contributed by atoms with van der Waals surface area (Å²) in [7, 11) is 0. The first-order chi connectivity index (χ1) is 13.4. The molecular weight excluding hydrogens is 358 g/mol. The summed E-state index contributed by atoms with van der Waals surface area (Å²) in [5.41, 5.74) is 4.70. The first kappa shape index (κ1) is 14.5. The minimum absolute atomic E-state index is 0.586. The summed E-state index contributed by atoms with van der Waals surface area (Å²) in [5.74, 6) is 0.586. The highest BCUT2D eigenvalue weighted by molar-refractivity contribution is 7.10. The number of benzene rings is 2. The Kier molecular flexibility index (Phi) is 2.91. The summed E-state index contributed by atoms with van der Waals surface area (Å²) in [6, 6.07) is 20.4. The van der Waals surface area contributed by atoms with Gasteiger partial charge in [0.25, 0.3) is 4.96 Å². The van der Waals surface area contributed by atoms with Crippen molar-refractivity contribution in [3.8, 4) is 22.8 Å². The van der Waals surface area contributed by atoms with Crippen molar-refractivity contribution in [1.29, 1.82) is 0 Å². The molecule has 7 nitrogen and oxygen atoms in total. The number of fused-ring (bicyclic) bond motifs is 4. The molecule has 8 heteroatoms. The van der Waals surface area contributed by atoms with E-state index in [-0.39, 0.29) is 0 Å². The Labute approximate surface area is 156 Å². The summed E-state index contributed by atoms with van der Waals surface area (Å²) in [5, 5.41) is 14.8. The first-order valence-corrected chi connectivity index (χ1v) is 9.17. The third-order valence-electron chi connectivity index (χ3n) is 4.63. The lowest BCUT2D eigenvalue weighted by molar-refractivity contribution is 0.869. The minimum atomic E-state index is 0.586. The van der Waals surface area contributed by atoms with E-state index < -0.39 is 0 Å². The second kappa shape index (κ2) is 5.42.